The fraction of sp³-hybridized carbons (Fsp3) is 0.235. The summed E-state index contributed by atoms with van der Waals surface area (Å²) in [4.78, 5) is 12.8. The highest BCUT2D eigenvalue weighted by molar-refractivity contribution is 6.34. The van der Waals surface area contributed by atoms with Crippen LogP contribution in [0.5, 0.6) is 11.5 Å². The number of methoxy groups -OCH3 is 2. The van der Waals surface area contributed by atoms with Crippen LogP contribution < -0.4 is 9.47 Å². The van der Waals surface area contributed by atoms with Gasteiger partial charge in [0.2, 0.25) is 0 Å². The van der Waals surface area contributed by atoms with Gasteiger partial charge in [0, 0.05) is 5.56 Å². The average molecular weight is 305 g/mol. The van der Waals surface area contributed by atoms with Crippen molar-refractivity contribution in [2.75, 3.05) is 14.2 Å². The van der Waals surface area contributed by atoms with E-state index in [1.54, 1.807) is 12.1 Å². The molecule has 0 fully saturated rings. The Morgan fingerprint density at radius 2 is 1.76 bits per heavy atom. The maximum absolute atomic E-state index is 12.8. The predicted octanol–water partition coefficient (Wildman–Crippen LogP) is 4.15. The van der Waals surface area contributed by atoms with E-state index >= 15 is 0 Å². The van der Waals surface area contributed by atoms with E-state index in [0.29, 0.717) is 27.6 Å². The zero-order valence-corrected chi connectivity index (χ0v) is 13.0. The molecule has 0 atom stereocenters. The van der Waals surface area contributed by atoms with Crippen LogP contribution in [0.3, 0.4) is 0 Å². The second kappa shape index (κ2) is 6.64. The molecule has 110 valence electrons. The largest absolute Gasteiger partial charge is 0.495 e. The minimum absolute atomic E-state index is 0.103. The summed E-state index contributed by atoms with van der Waals surface area (Å²) >= 11 is 6.22. The van der Waals surface area contributed by atoms with E-state index in [4.69, 9.17) is 21.1 Å². The number of hydrogen-bond donors (Lipinski definition) is 0. The van der Waals surface area contributed by atoms with Gasteiger partial charge in [-0.3, -0.25) is 4.79 Å². The molecule has 2 rings (SSSR count). The summed E-state index contributed by atoms with van der Waals surface area (Å²) < 4.78 is 10.5. The van der Waals surface area contributed by atoms with Crippen molar-refractivity contribution in [1.82, 2.24) is 0 Å². The van der Waals surface area contributed by atoms with Gasteiger partial charge in [-0.25, -0.2) is 0 Å². The van der Waals surface area contributed by atoms with Gasteiger partial charge in [0.1, 0.15) is 10.8 Å². The molecule has 0 aliphatic rings. The van der Waals surface area contributed by atoms with Gasteiger partial charge in [-0.15, -0.1) is 0 Å². The fourth-order valence-corrected chi connectivity index (χ4v) is 2.59. The van der Waals surface area contributed by atoms with Crippen LogP contribution in [0.2, 0.25) is 5.02 Å². The first-order chi connectivity index (χ1) is 10.1. The highest BCUT2D eigenvalue weighted by Gasteiger charge is 2.21. The zero-order chi connectivity index (χ0) is 15.4. The maximum Gasteiger partial charge on any atom is 0.197 e. The Balaban J connectivity index is 2.56. The SMILES string of the molecule is CCc1ccccc1C(=O)c1ccc(OC)c(Cl)c1OC. The summed E-state index contributed by atoms with van der Waals surface area (Å²) in [5.41, 5.74) is 2.10. The molecule has 0 aromatic heterocycles. The maximum atomic E-state index is 12.8. The molecule has 0 saturated carbocycles. The number of halogens is 1. The molecular formula is C17H17ClO3. The van der Waals surface area contributed by atoms with Crippen LogP contribution in [-0.2, 0) is 6.42 Å². The Labute approximate surface area is 129 Å². The molecule has 0 spiro atoms. The summed E-state index contributed by atoms with van der Waals surface area (Å²) in [5, 5.41) is 0.305. The highest BCUT2D eigenvalue weighted by Crippen LogP contribution is 2.37. The monoisotopic (exact) mass is 304 g/mol. The molecule has 0 amide bonds. The van der Waals surface area contributed by atoms with Crippen molar-refractivity contribution in [3.8, 4) is 11.5 Å². The molecular weight excluding hydrogens is 288 g/mol. The van der Waals surface area contributed by atoms with E-state index < -0.39 is 0 Å². The van der Waals surface area contributed by atoms with E-state index in [0.717, 1.165) is 12.0 Å². The molecule has 0 N–H and O–H groups in total. The third kappa shape index (κ3) is 2.88. The van der Waals surface area contributed by atoms with Crippen LogP contribution in [0, 0.1) is 0 Å². The molecule has 2 aromatic rings. The lowest BCUT2D eigenvalue weighted by atomic mass is 9.96. The van der Waals surface area contributed by atoms with Gasteiger partial charge in [0.05, 0.1) is 19.8 Å². The number of ketones is 1. The smallest absolute Gasteiger partial charge is 0.197 e. The third-order valence-corrected chi connectivity index (χ3v) is 3.73. The first kappa shape index (κ1) is 15.4. The van der Waals surface area contributed by atoms with E-state index in [9.17, 15) is 4.79 Å². The number of benzene rings is 2. The fourth-order valence-electron chi connectivity index (χ4n) is 2.27. The molecule has 0 saturated heterocycles. The summed E-state index contributed by atoms with van der Waals surface area (Å²) in [5.74, 6) is 0.717. The number of rotatable bonds is 5. The molecule has 0 radical (unpaired) electrons. The van der Waals surface area contributed by atoms with Crippen LogP contribution in [-0.4, -0.2) is 20.0 Å². The normalized spacial score (nSPS) is 10.3. The zero-order valence-electron chi connectivity index (χ0n) is 12.3. The van der Waals surface area contributed by atoms with Crippen LogP contribution in [0.25, 0.3) is 0 Å². The summed E-state index contributed by atoms with van der Waals surface area (Å²) in [7, 11) is 3.01. The first-order valence-electron chi connectivity index (χ1n) is 6.67. The van der Waals surface area contributed by atoms with Crippen molar-refractivity contribution in [2.45, 2.75) is 13.3 Å². The van der Waals surface area contributed by atoms with Gasteiger partial charge in [-0.1, -0.05) is 42.8 Å². The Hall–Kier alpha value is -2.00. The predicted molar refractivity (Wildman–Crippen MR) is 83.8 cm³/mol. The van der Waals surface area contributed by atoms with Crippen molar-refractivity contribution in [1.29, 1.82) is 0 Å². The molecule has 0 bridgehead atoms. The quantitative estimate of drug-likeness (QED) is 0.778. The summed E-state index contributed by atoms with van der Waals surface area (Å²) in [6, 6.07) is 10.9. The minimum atomic E-state index is -0.103. The van der Waals surface area contributed by atoms with Crippen LogP contribution >= 0.6 is 11.6 Å². The van der Waals surface area contributed by atoms with Crippen molar-refractivity contribution >= 4 is 17.4 Å². The van der Waals surface area contributed by atoms with Crippen molar-refractivity contribution in [3.05, 3.63) is 58.1 Å². The lowest BCUT2D eigenvalue weighted by molar-refractivity contribution is 0.103. The van der Waals surface area contributed by atoms with Gasteiger partial charge >= 0.3 is 0 Å². The second-order valence-corrected chi connectivity index (χ2v) is 4.88. The van der Waals surface area contributed by atoms with Crippen molar-refractivity contribution in [2.24, 2.45) is 0 Å². The number of carbonyl (C=O) groups excluding carboxylic acids is 1. The molecule has 21 heavy (non-hydrogen) atoms. The number of carbonyl (C=O) groups is 1. The molecule has 4 heteroatoms. The van der Waals surface area contributed by atoms with Gasteiger partial charge in [-0.2, -0.15) is 0 Å². The lowest BCUT2D eigenvalue weighted by Crippen LogP contribution is -2.07. The van der Waals surface area contributed by atoms with Gasteiger partial charge in [-0.05, 0) is 24.1 Å². The average Bonchev–Trinajstić information content (AvgIpc) is 2.53. The van der Waals surface area contributed by atoms with Gasteiger partial charge in [0.25, 0.3) is 0 Å². The number of ether oxygens (including phenoxy) is 2. The Kier molecular flexibility index (Phi) is 4.86. The van der Waals surface area contributed by atoms with Gasteiger partial charge in [0.15, 0.2) is 11.5 Å². The molecule has 0 heterocycles. The van der Waals surface area contributed by atoms with Crippen LogP contribution in [0.15, 0.2) is 36.4 Å². The number of aryl methyl sites for hydroxylation is 1. The summed E-state index contributed by atoms with van der Waals surface area (Å²) in [6.45, 7) is 2.02. The molecule has 0 aliphatic carbocycles. The van der Waals surface area contributed by atoms with E-state index in [1.807, 2.05) is 31.2 Å². The van der Waals surface area contributed by atoms with E-state index in [-0.39, 0.29) is 5.78 Å². The van der Waals surface area contributed by atoms with Crippen molar-refractivity contribution < 1.29 is 14.3 Å². The molecule has 2 aromatic carbocycles. The van der Waals surface area contributed by atoms with Crippen molar-refractivity contribution in [3.63, 3.8) is 0 Å². The van der Waals surface area contributed by atoms with Crippen LogP contribution in [0.1, 0.15) is 28.4 Å². The minimum Gasteiger partial charge on any atom is -0.495 e. The molecule has 3 nitrogen and oxygen atoms in total. The topological polar surface area (TPSA) is 35.5 Å². The van der Waals surface area contributed by atoms with Crippen LogP contribution in [0.4, 0.5) is 0 Å². The standard InChI is InChI=1S/C17H17ClO3/c1-4-11-7-5-6-8-12(11)16(19)13-9-10-14(20-2)15(18)17(13)21-3/h5-10H,4H2,1-3H3. The lowest BCUT2D eigenvalue weighted by Gasteiger charge is -2.13. The Bertz CT molecular complexity index is 665. The van der Waals surface area contributed by atoms with E-state index in [2.05, 4.69) is 0 Å². The summed E-state index contributed by atoms with van der Waals surface area (Å²) in [6.07, 6.45) is 0.786. The highest BCUT2D eigenvalue weighted by atomic mass is 35.5. The first-order valence-corrected chi connectivity index (χ1v) is 7.04. The van der Waals surface area contributed by atoms with E-state index in [1.165, 1.54) is 14.2 Å². The molecule has 0 unspecified atom stereocenters. The molecule has 0 aliphatic heterocycles. The Morgan fingerprint density at radius 1 is 1.05 bits per heavy atom. The second-order valence-electron chi connectivity index (χ2n) is 4.50. The van der Waals surface area contributed by atoms with Gasteiger partial charge < -0.3 is 9.47 Å². The Morgan fingerprint density at radius 3 is 2.38 bits per heavy atom. The third-order valence-electron chi connectivity index (χ3n) is 3.37. The number of hydrogen-bond acceptors (Lipinski definition) is 3.